The van der Waals surface area contributed by atoms with Crippen LogP contribution in [0.25, 0.3) is 0 Å². The van der Waals surface area contributed by atoms with Gasteiger partial charge in [0, 0.05) is 36.8 Å². The van der Waals surface area contributed by atoms with Gasteiger partial charge in [-0.15, -0.1) is 0 Å². The van der Waals surface area contributed by atoms with E-state index in [9.17, 15) is 14.4 Å². The highest BCUT2D eigenvalue weighted by molar-refractivity contribution is 7.99. The topological polar surface area (TPSA) is 108 Å². The van der Waals surface area contributed by atoms with Crippen LogP contribution in [0.1, 0.15) is 38.5 Å². The smallest absolute Gasteiger partial charge is 0.391 e. The van der Waals surface area contributed by atoms with Crippen LogP contribution in [0.5, 0.6) is 5.88 Å². The molecule has 2 aromatic heterocycles. The Morgan fingerprint density at radius 2 is 1.75 bits per heavy atom. The number of aromatic amines is 1. The molecule has 2 saturated heterocycles. The van der Waals surface area contributed by atoms with E-state index in [4.69, 9.17) is 4.74 Å². The van der Waals surface area contributed by atoms with Crippen molar-refractivity contribution in [2.45, 2.75) is 48.9 Å². The number of nitrogens with zero attached hydrogens (tertiary/aromatic N) is 4. The normalized spacial score (nSPS) is 24.0. The number of anilines is 1. The van der Waals surface area contributed by atoms with Crippen LogP contribution in [0.15, 0.2) is 35.9 Å². The summed E-state index contributed by atoms with van der Waals surface area (Å²) in [7, 11) is 0. The maximum Gasteiger partial charge on any atom is 0.416 e. The highest BCUT2D eigenvalue weighted by Crippen LogP contribution is 2.40. The molecule has 0 spiro atoms. The van der Waals surface area contributed by atoms with Crippen LogP contribution in [0, 0.1) is 11.8 Å². The molecule has 0 aromatic carbocycles. The number of imidazole rings is 1. The molecular formula is C22H25N5O4S. The van der Waals surface area contributed by atoms with Crippen molar-refractivity contribution in [1.29, 1.82) is 0 Å². The summed E-state index contributed by atoms with van der Waals surface area (Å²) >= 11 is 1.69. The fourth-order valence-electron chi connectivity index (χ4n) is 4.77. The molecule has 2 aromatic rings. The summed E-state index contributed by atoms with van der Waals surface area (Å²) < 4.78 is 5.42. The van der Waals surface area contributed by atoms with Crippen molar-refractivity contribution in [1.82, 2.24) is 19.9 Å². The molecule has 5 rings (SSSR count). The number of amides is 3. The lowest BCUT2D eigenvalue weighted by Crippen LogP contribution is -2.41. The van der Waals surface area contributed by atoms with Gasteiger partial charge in [-0.05, 0) is 31.7 Å². The Bertz CT molecular complexity index is 964. The molecule has 3 fully saturated rings. The van der Waals surface area contributed by atoms with E-state index in [1.165, 1.54) is 17.2 Å². The zero-order chi connectivity index (χ0) is 22.1. The maximum atomic E-state index is 12.7. The lowest BCUT2D eigenvalue weighted by Gasteiger charge is -2.30. The number of aromatic nitrogens is 3. The van der Waals surface area contributed by atoms with Gasteiger partial charge in [-0.1, -0.05) is 24.6 Å². The first-order valence-corrected chi connectivity index (χ1v) is 11.9. The van der Waals surface area contributed by atoms with E-state index in [-0.39, 0.29) is 29.5 Å². The zero-order valence-corrected chi connectivity index (χ0v) is 18.4. The van der Waals surface area contributed by atoms with Gasteiger partial charge in [-0.25, -0.2) is 19.7 Å². The summed E-state index contributed by atoms with van der Waals surface area (Å²) in [4.78, 5) is 52.4. The highest BCUT2D eigenvalue weighted by Gasteiger charge is 2.48. The molecule has 2 unspecified atom stereocenters. The molecule has 1 aliphatic carbocycles. The number of carbonyl (C=O) groups excluding carboxylic acids is 3. The Morgan fingerprint density at radius 1 is 1.03 bits per heavy atom. The fraction of sp³-hybridized carbons (Fsp3) is 0.500. The zero-order valence-electron chi connectivity index (χ0n) is 17.6. The maximum absolute atomic E-state index is 12.7. The molecule has 4 heterocycles. The van der Waals surface area contributed by atoms with Crippen LogP contribution in [-0.4, -0.2) is 56.1 Å². The van der Waals surface area contributed by atoms with Crippen molar-refractivity contribution < 1.29 is 19.1 Å². The largest absolute Gasteiger partial charge is 0.416 e. The third-order valence-corrected chi connectivity index (χ3v) is 7.71. The second-order valence-corrected chi connectivity index (χ2v) is 9.72. The number of likely N-dealkylation sites (tertiary alicyclic amines) is 1. The number of ether oxygens (including phenoxy) is 1. The molecule has 0 bridgehead atoms. The first-order valence-electron chi connectivity index (χ1n) is 11.1. The SMILES string of the molecule is O=C(Oc1ccc(N2C(=O)C3CCCCC3C2=O)cn1)N1CCC(Sc2ncc[nH]2)CC1. The second-order valence-electron chi connectivity index (χ2n) is 8.43. The van der Waals surface area contributed by atoms with Crippen LogP contribution in [0.2, 0.25) is 0 Å². The van der Waals surface area contributed by atoms with Gasteiger partial charge >= 0.3 is 6.09 Å². The van der Waals surface area contributed by atoms with Crippen LogP contribution >= 0.6 is 11.8 Å². The Morgan fingerprint density at radius 3 is 2.34 bits per heavy atom. The van der Waals surface area contributed by atoms with Gasteiger partial charge in [-0.2, -0.15) is 0 Å². The van der Waals surface area contributed by atoms with E-state index >= 15 is 0 Å². The van der Waals surface area contributed by atoms with Gasteiger partial charge in [0.2, 0.25) is 17.7 Å². The van der Waals surface area contributed by atoms with Gasteiger partial charge in [0.15, 0.2) is 5.16 Å². The van der Waals surface area contributed by atoms with E-state index in [1.54, 1.807) is 35.1 Å². The van der Waals surface area contributed by atoms with Gasteiger partial charge in [0.05, 0.1) is 23.7 Å². The molecule has 3 aliphatic rings. The van der Waals surface area contributed by atoms with E-state index in [0.717, 1.165) is 43.7 Å². The molecule has 32 heavy (non-hydrogen) atoms. The molecule has 10 heteroatoms. The third-order valence-electron chi connectivity index (χ3n) is 6.46. The number of H-pyrrole nitrogens is 1. The lowest BCUT2D eigenvalue weighted by atomic mass is 9.81. The van der Waals surface area contributed by atoms with Crippen LogP contribution in [0.4, 0.5) is 10.5 Å². The van der Waals surface area contributed by atoms with Crippen LogP contribution < -0.4 is 9.64 Å². The number of hydrogen-bond acceptors (Lipinski definition) is 7. The van der Waals surface area contributed by atoms with Crippen molar-refractivity contribution in [2.75, 3.05) is 18.0 Å². The van der Waals surface area contributed by atoms with Crippen molar-refractivity contribution in [2.24, 2.45) is 11.8 Å². The molecule has 168 valence electrons. The van der Waals surface area contributed by atoms with E-state index in [1.807, 2.05) is 0 Å². The fourth-order valence-corrected chi connectivity index (χ4v) is 5.79. The summed E-state index contributed by atoms with van der Waals surface area (Å²) in [6.45, 7) is 1.21. The summed E-state index contributed by atoms with van der Waals surface area (Å²) in [5, 5.41) is 1.30. The molecule has 2 aliphatic heterocycles. The van der Waals surface area contributed by atoms with Crippen molar-refractivity contribution in [3.8, 4) is 5.88 Å². The number of rotatable bonds is 4. The minimum atomic E-state index is -0.439. The molecular weight excluding hydrogens is 430 g/mol. The minimum Gasteiger partial charge on any atom is -0.391 e. The van der Waals surface area contributed by atoms with Gasteiger partial charge in [0.25, 0.3) is 0 Å². The number of imide groups is 1. The Kier molecular flexibility index (Phi) is 5.86. The van der Waals surface area contributed by atoms with E-state index < -0.39 is 6.09 Å². The Balaban J connectivity index is 1.16. The second kappa shape index (κ2) is 8.93. The number of nitrogens with one attached hydrogen (secondary N) is 1. The average molecular weight is 456 g/mol. The summed E-state index contributed by atoms with van der Waals surface area (Å²) in [5.74, 6) is -0.532. The predicted octanol–water partition coefficient (Wildman–Crippen LogP) is 3.24. The molecule has 2 atom stereocenters. The summed E-state index contributed by atoms with van der Waals surface area (Å²) in [6, 6.07) is 3.16. The highest BCUT2D eigenvalue weighted by atomic mass is 32.2. The quantitative estimate of drug-likeness (QED) is 0.705. The standard InChI is InChI=1S/C22H25N5O4S/c28-19-16-3-1-2-4-17(16)20(29)27(19)14-5-6-18(25-13-14)31-22(30)26-11-7-15(8-12-26)32-21-23-9-10-24-21/h5-6,9-10,13,15-17H,1-4,7-8,11-12H2,(H,23,24). The van der Waals surface area contributed by atoms with Crippen molar-refractivity contribution in [3.63, 3.8) is 0 Å². The number of fused-ring (bicyclic) bond motifs is 1. The Labute approximate surface area is 189 Å². The van der Waals surface area contributed by atoms with Crippen LogP contribution in [0.3, 0.4) is 0 Å². The molecule has 3 amide bonds. The van der Waals surface area contributed by atoms with Crippen LogP contribution in [-0.2, 0) is 9.59 Å². The molecule has 0 radical (unpaired) electrons. The average Bonchev–Trinajstić information content (AvgIpc) is 3.42. The molecule has 1 N–H and O–H groups in total. The number of thioether (sulfide) groups is 1. The Hall–Kier alpha value is -2.88. The monoisotopic (exact) mass is 455 g/mol. The van der Waals surface area contributed by atoms with Crippen molar-refractivity contribution >= 4 is 35.4 Å². The predicted molar refractivity (Wildman–Crippen MR) is 117 cm³/mol. The van der Waals surface area contributed by atoms with E-state index in [2.05, 4.69) is 15.0 Å². The number of piperidine rings is 1. The first-order chi connectivity index (χ1) is 15.6. The third kappa shape index (κ3) is 4.11. The van der Waals surface area contributed by atoms with Gasteiger partial charge < -0.3 is 14.6 Å². The summed E-state index contributed by atoms with van der Waals surface area (Å²) in [5.41, 5.74) is 0.435. The molecule has 9 nitrogen and oxygen atoms in total. The van der Waals surface area contributed by atoms with E-state index in [0.29, 0.717) is 24.0 Å². The molecule has 1 saturated carbocycles. The first kappa shape index (κ1) is 21.0. The lowest BCUT2D eigenvalue weighted by molar-refractivity contribution is -0.122. The summed E-state index contributed by atoms with van der Waals surface area (Å²) in [6.07, 6.45) is 9.75. The van der Waals surface area contributed by atoms with Crippen molar-refractivity contribution in [3.05, 3.63) is 30.7 Å². The number of hydrogen-bond donors (Lipinski definition) is 1. The van der Waals surface area contributed by atoms with Gasteiger partial charge in [-0.3, -0.25) is 9.59 Å². The number of carbonyl (C=O) groups is 3. The number of pyridine rings is 1. The van der Waals surface area contributed by atoms with Gasteiger partial charge in [0.1, 0.15) is 0 Å². The minimum absolute atomic E-state index is 0.137.